The van der Waals surface area contributed by atoms with Crippen molar-refractivity contribution in [2.24, 2.45) is 5.73 Å². The average molecular weight is 283 g/mol. The lowest BCUT2D eigenvalue weighted by molar-refractivity contribution is -0.124. The van der Waals surface area contributed by atoms with Crippen molar-refractivity contribution in [1.29, 1.82) is 0 Å². The van der Waals surface area contributed by atoms with Crippen LogP contribution in [0.25, 0.3) is 0 Å². The van der Waals surface area contributed by atoms with E-state index in [9.17, 15) is 4.79 Å². The highest BCUT2D eigenvalue weighted by atomic mass is 16.5. The maximum Gasteiger partial charge on any atom is 0.236 e. The predicted octanol–water partition coefficient (Wildman–Crippen LogP) is 0.875. The van der Waals surface area contributed by atoms with Crippen LogP contribution in [0.2, 0.25) is 0 Å². The van der Waals surface area contributed by atoms with E-state index in [1.54, 1.807) is 0 Å². The van der Waals surface area contributed by atoms with Crippen molar-refractivity contribution < 1.29 is 9.53 Å². The Hall–Kier alpha value is -0.650. The molecule has 0 bridgehead atoms. The first-order valence-corrected chi connectivity index (χ1v) is 8.04. The van der Waals surface area contributed by atoms with E-state index in [1.165, 1.54) is 19.3 Å². The van der Waals surface area contributed by atoms with Gasteiger partial charge in [-0.05, 0) is 45.2 Å². The molecule has 0 spiro atoms. The highest BCUT2D eigenvalue weighted by molar-refractivity contribution is 5.81. The lowest BCUT2D eigenvalue weighted by Crippen LogP contribution is -2.60. The summed E-state index contributed by atoms with van der Waals surface area (Å²) in [6.45, 7) is 6.55. The minimum Gasteiger partial charge on any atom is -0.381 e. The largest absolute Gasteiger partial charge is 0.381 e. The normalized spacial score (nSPS) is 25.1. The fourth-order valence-corrected chi connectivity index (χ4v) is 3.29. The van der Waals surface area contributed by atoms with Gasteiger partial charge in [0.05, 0.1) is 6.04 Å². The first-order chi connectivity index (χ1) is 9.68. The summed E-state index contributed by atoms with van der Waals surface area (Å²) >= 11 is 0. The molecule has 1 atom stereocenters. The molecule has 2 aliphatic heterocycles. The third-order valence-corrected chi connectivity index (χ3v) is 4.82. The number of hydrogen-bond acceptors (Lipinski definition) is 4. The summed E-state index contributed by atoms with van der Waals surface area (Å²) in [6, 6.07) is -0.381. The van der Waals surface area contributed by atoms with Gasteiger partial charge in [-0.25, -0.2) is 0 Å². The quantitative estimate of drug-likeness (QED) is 0.786. The summed E-state index contributed by atoms with van der Waals surface area (Å²) in [5.41, 5.74) is 5.89. The average Bonchev–Trinajstić information content (AvgIpc) is 2.53. The van der Waals surface area contributed by atoms with E-state index in [0.717, 1.165) is 39.1 Å². The topological polar surface area (TPSA) is 67.6 Å². The van der Waals surface area contributed by atoms with Gasteiger partial charge in [0.15, 0.2) is 0 Å². The molecule has 3 N–H and O–H groups in total. The van der Waals surface area contributed by atoms with Gasteiger partial charge < -0.3 is 15.8 Å². The molecule has 0 aromatic carbocycles. The van der Waals surface area contributed by atoms with Crippen LogP contribution in [0, 0.1) is 0 Å². The summed E-state index contributed by atoms with van der Waals surface area (Å²) in [5, 5.41) is 3.08. The van der Waals surface area contributed by atoms with E-state index >= 15 is 0 Å². The number of rotatable bonds is 5. The molecule has 5 nitrogen and oxygen atoms in total. The zero-order valence-corrected chi connectivity index (χ0v) is 12.7. The third kappa shape index (κ3) is 3.71. The number of hydrogen-bond donors (Lipinski definition) is 2. The number of nitrogens with two attached hydrogens (primary N) is 1. The van der Waals surface area contributed by atoms with Crippen molar-refractivity contribution >= 4 is 5.91 Å². The number of piperidine rings is 1. The number of carbonyl (C=O) groups excluding carboxylic acids is 1. The summed E-state index contributed by atoms with van der Waals surface area (Å²) in [7, 11) is 0. The number of ether oxygens (including phenoxy) is 1. The van der Waals surface area contributed by atoms with Gasteiger partial charge in [0.1, 0.15) is 0 Å². The van der Waals surface area contributed by atoms with E-state index in [0.29, 0.717) is 13.0 Å². The van der Waals surface area contributed by atoms with Crippen LogP contribution >= 0.6 is 0 Å². The van der Waals surface area contributed by atoms with Crippen molar-refractivity contribution in [1.82, 2.24) is 10.2 Å². The van der Waals surface area contributed by atoms with Crippen molar-refractivity contribution in [3.05, 3.63) is 0 Å². The number of likely N-dealkylation sites (tertiary alicyclic amines) is 1. The maximum absolute atomic E-state index is 12.0. The van der Waals surface area contributed by atoms with E-state index in [2.05, 4.69) is 10.2 Å². The highest BCUT2D eigenvalue weighted by Crippen LogP contribution is 2.30. The molecule has 0 aliphatic carbocycles. The molecule has 2 aliphatic rings. The molecule has 0 aromatic heterocycles. The van der Waals surface area contributed by atoms with E-state index in [-0.39, 0.29) is 17.5 Å². The SMILES string of the molecule is CC[C@H](N)C(=O)NCC1(N2CCCCC2)CCOCC1. The second-order valence-corrected chi connectivity index (χ2v) is 6.12. The molecule has 116 valence electrons. The van der Waals surface area contributed by atoms with Crippen LogP contribution in [0.15, 0.2) is 0 Å². The number of amides is 1. The lowest BCUT2D eigenvalue weighted by Gasteiger charge is -2.48. The summed E-state index contributed by atoms with van der Waals surface area (Å²) < 4.78 is 5.53. The summed E-state index contributed by atoms with van der Waals surface area (Å²) in [5.74, 6) is -0.0182. The number of nitrogens with zero attached hydrogens (tertiary/aromatic N) is 1. The predicted molar refractivity (Wildman–Crippen MR) is 79.5 cm³/mol. The van der Waals surface area contributed by atoms with E-state index in [1.807, 2.05) is 6.92 Å². The Balaban J connectivity index is 1.97. The molecule has 2 saturated heterocycles. The van der Waals surface area contributed by atoms with Gasteiger partial charge in [0.25, 0.3) is 0 Å². The van der Waals surface area contributed by atoms with Crippen molar-refractivity contribution in [3.8, 4) is 0 Å². The van der Waals surface area contributed by atoms with Gasteiger partial charge in [0, 0.05) is 25.3 Å². The van der Waals surface area contributed by atoms with Crippen molar-refractivity contribution in [2.45, 2.75) is 57.0 Å². The first-order valence-electron chi connectivity index (χ1n) is 8.04. The summed E-state index contributed by atoms with van der Waals surface area (Å²) in [4.78, 5) is 14.5. The molecule has 2 heterocycles. The van der Waals surface area contributed by atoms with Crippen LogP contribution in [0.1, 0.15) is 45.4 Å². The molecule has 0 aromatic rings. The van der Waals surface area contributed by atoms with Crippen LogP contribution in [-0.2, 0) is 9.53 Å². The third-order valence-electron chi connectivity index (χ3n) is 4.82. The Morgan fingerprint density at radius 3 is 2.55 bits per heavy atom. The Bertz CT molecular complexity index is 310. The van der Waals surface area contributed by atoms with E-state index < -0.39 is 0 Å². The Labute approximate surface area is 122 Å². The smallest absolute Gasteiger partial charge is 0.236 e. The van der Waals surface area contributed by atoms with Gasteiger partial charge in [-0.15, -0.1) is 0 Å². The molecule has 2 fully saturated rings. The van der Waals surface area contributed by atoms with Crippen LogP contribution in [-0.4, -0.2) is 55.2 Å². The van der Waals surface area contributed by atoms with Crippen LogP contribution in [0.3, 0.4) is 0 Å². The fraction of sp³-hybridized carbons (Fsp3) is 0.933. The molecule has 0 saturated carbocycles. The maximum atomic E-state index is 12.0. The standard InChI is InChI=1S/C15H29N3O2/c1-2-13(16)14(19)17-12-15(6-10-20-11-7-15)18-8-4-3-5-9-18/h13H,2-12,16H2,1H3,(H,17,19)/t13-/m0/s1. The molecule has 5 heteroatoms. The minimum absolute atomic E-state index is 0.0182. The molecule has 20 heavy (non-hydrogen) atoms. The monoisotopic (exact) mass is 283 g/mol. The van der Waals surface area contributed by atoms with Crippen molar-refractivity contribution in [3.63, 3.8) is 0 Å². The molecule has 2 rings (SSSR count). The number of carbonyl (C=O) groups is 1. The second kappa shape index (κ2) is 7.38. The molecular formula is C15H29N3O2. The number of nitrogens with one attached hydrogen (secondary N) is 1. The Kier molecular flexibility index (Phi) is 5.81. The van der Waals surface area contributed by atoms with Gasteiger partial charge in [-0.1, -0.05) is 13.3 Å². The van der Waals surface area contributed by atoms with Crippen LogP contribution in [0.5, 0.6) is 0 Å². The van der Waals surface area contributed by atoms with Gasteiger partial charge in [-0.3, -0.25) is 9.69 Å². The van der Waals surface area contributed by atoms with Crippen LogP contribution < -0.4 is 11.1 Å². The zero-order chi connectivity index (χ0) is 14.4. The zero-order valence-electron chi connectivity index (χ0n) is 12.7. The molecule has 0 radical (unpaired) electrons. The Morgan fingerprint density at radius 2 is 1.95 bits per heavy atom. The molecular weight excluding hydrogens is 254 g/mol. The van der Waals surface area contributed by atoms with Gasteiger partial charge in [-0.2, -0.15) is 0 Å². The lowest BCUT2D eigenvalue weighted by atomic mass is 9.86. The van der Waals surface area contributed by atoms with Gasteiger partial charge >= 0.3 is 0 Å². The minimum atomic E-state index is -0.381. The van der Waals surface area contributed by atoms with E-state index in [4.69, 9.17) is 10.5 Å². The first kappa shape index (κ1) is 15.7. The fourth-order valence-electron chi connectivity index (χ4n) is 3.29. The molecule has 0 unspecified atom stereocenters. The van der Waals surface area contributed by atoms with Crippen LogP contribution in [0.4, 0.5) is 0 Å². The second-order valence-electron chi connectivity index (χ2n) is 6.12. The Morgan fingerprint density at radius 1 is 1.30 bits per heavy atom. The van der Waals surface area contributed by atoms with Crippen molar-refractivity contribution in [2.75, 3.05) is 32.8 Å². The molecule has 1 amide bonds. The summed E-state index contributed by atoms with van der Waals surface area (Å²) in [6.07, 6.45) is 6.57. The highest BCUT2D eigenvalue weighted by Gasteiger charge is 2.39. The van der Waals surface area contributed by atoms with Gasteiger partial charge in [0.2, 0.25) is 5.91 Å².